The minimum atomic E-state index is -0.0625. The second-order valence-corrected chi connectivity index (χ2v) is 7.19. The number of hydrogen-bond acceptors (Lipinski definition) is 4. The van der Waals surface area contributed by atoms with Gasteiger partial charge in [0.2, 0.25) is 5.91 Å². The number of carbonyl (C=O) groups excluding carboxylic acids is 1. The molecule has 23 heavy (non-hydrogen) atoms. The first-order valence-electron chi connectivity index (χ1n) is 8.51. The van der Waals surface area contributed by atoms with Crippen LogP contribution in [-0.4, -0.2) is 49.1 Å². The molecule has 3 fully saturated rings. The number of hydrogen-bond donors (Lipinski definition) is 2. The predicted octanol–water partition coefficient (Wildman–Crippen LogP) is 1.63. The number of halogens is 1. The highest BCUT2D eigenvalue weighted by Crippen LogP contribution is 2.36. The molecule has 3 aliphatic rings. The number of amides is 1. The van der Waals surface area contributed by atoms with Gasteiger partial charge < -0.3 is 9.80 Å². The van der Waals surface area contributed by atoms with Crippen molar-refractivity contribution in [1.29, 1.82) is 0 Å². The first-order chi connectivity index (χ1) is 11.2. The molecule has 2 unspecified atom stereocenters. The van der Waals surface area contributed by atoms with E-state index in [0.717, 1.165) is 49.2 Å². The Morgan fingerprint density at radius 1 is 1.09 bits per heavy atom. The zero-order valence-corrected chi connectivity index (χ0v) is 13.9. The van der Waals surface area contributed by atoms with E-state index < -0.39 is 0 Å². The van der Waals surface area contributed by atoms with E-state index in [2.05, 4.69) is 15.8 Å². The Bertz CT molecular complexity index is 584. The number of carbonyl (C=O) groups is 1. The Morgan fingerprint density at radius 2 is 1.83 bits per heavy atom. The van der Waals surface area contributed by atoms with Gasteiger partial charge in [0.25, 0.3) is 0 Å². The molecule has 1 amide bonds. The standard InChI is InChI=1S/C17H23ClN4O/c18-13-3-1-2-4-16(13)21-7-9-22(10-8-21)17(23)15-11-14(19-20-15)12-5-6-12/h1-4,12,14-15,19-20H,5-11H2. The Morgan fingerprint density at radius 3 is 2.52 bits per heavy atom. The number of hydrazine groups is 1. The molecule has 0 radical (unpaired) electrons. The summed E-state index contributed by atoms with van der Waals surface area (Å²) in [5.41, 5.74) is 7.57. The highest BCUT2D eigenvalue weighted by molar-refractivity contribution is 6.33. The van der Waals surface area contributed by atoms with Crippen molar-refractivity contribution in [3.63, 3.8) is 0 Å². The van der Waals surface area contributed by atoms with Crippen LogP contribution in [-0.2, 0) is 4.79 Å². The topological polar surface area (TPSA) is 47.6 Å². The van der Waals surface area contributed by atoms with Crippen molar-refractivity contribution >= 4 is 23.2 Å². The third kappa shape index (κ3) is 3.18. The molecule has 2 saturated heterocycles. The van der Waals surface area contributed by atoms with Crippen LogP contribution in [0.2, 0.25) is 5.02 Å². The van der Waals surface area contributed by atoms with E-state index in [9.17, 15) is 4.79 Å². The van der Waals surface area contributed by atoms with E-state index in [0.29, 0.717) is 6.04 Å². The Labute approximate surface area is 141 Å². The lowest BCUT2D eigenvalue weighted by atomic mass is 10.1. The maximum atomic E-state index is 12.7. The van der Waals surface area contributed by atoms with Crippen LogP contribution in [0.15, 0.2) is 24.3 Å². The molecule has 1 aliphatic carbocycles. The first kappa shape index (κ1) is 15.2. The Kier molecular flexibility index (Phi) is 4.18. The summed E-state index contributed by atoms with van der Waals surface area (Å²) in [5.74, 6) is 1.01. The summed E-state index contributed by atoms with van der Waals surface area (Å²) in [7, 11) is 0. The van der Waals surface area contributed by atoms with Crippen molar-refractivity contribution in [3.8, 4) is 0 Å². The summed E-state index contributed by atoms with van der Waals surface area (Å²) in [6.45, 7) is 3.19. The number of para-hydroxylation sites is 1. The first-order valence-corrected chi connectivity index (χ1v) is 8.89. The number of benzene rings is 1. The molecule has 0 spiro atoms. The molecule has 2 atom stereocenters. The zero-order chi connectivity index (χ0) is 15.8. The van der Waals surface area contributed by atoms with Gasteiger partial charge in [-0.2, -0.15) is 0 Å². The zero-order valence-electron chi connectivity index (χ0n) is 13.2. The molecule has 6 heteroatoms. The summed E-state index contributed by atoms with van der Waals surface area (Å²) in [5, 5.41) is 0.779. The molecule has 2 heterocycles. The minimum Gasteiger partial charge on any atom is -0.367 e. The molecular weight excluding hydrogens is 312 g/mol. The lowest BCUT2D eigenvalue weighted by Crippen LogP contribution is -2.53. The van der Waals surface area contributed by atoms with Crippen molar-refractivity contribution < 1.29 is 4.79 Å². The molecule has 1 saturated carbocycles. The van der Waals surface area contributed by atoms with Gasteiger partial charge in [-0.3, -0.25) is 10.2 Å². The average molecular weight is 335 g/mol. The second kappa shape index (κ2) is 6.30. The SMILES string of the molecule is O=C(C1CC(C2CC2)NN1)N1CCN(c2ccccc2Cl)CC1. The average Bonchev–Trinajstić information content (AvgIpc) is 3.32. The van der Waals surface area contributed by atoms with Gasteiger partial charge in [0.05, 0.1) is 10.7 Å². The monoisotopic (exact) mass is 334 g/mol. The van der Waals surface area contributed by atoms with Gasteiger partial charge >= 0.3 is 0 Å². The fraction of sp³-hybridized carbons (Fsp3) is 0.588. The molecule has 124 valence electrons. The smallest absolute Gasteiger partial charge is 0.241 e. The van der Waals surface area contributed by atoms with Gasteiger partial charge in [-0.25, -0.2) is 5.43 Å². The van der Waals surface area contributed by atoms with Crippen LogP contribution in [0.1, 0.15) is 19.3 Å². The van der Waals surface area contributed by atoms with E-state index in [1.807, 2.05) is 29.2 Å². The molecule has 4 rings (SSSR count). The second-order valence-electron chi connectivity index (χ2n) is 6.78. The van der Waals surface area contributed by atoms with Crippen molar-refractivity contribution in [2.45, 2.75) is 31.3 Å². The number of rotatable bonds is 3. The molecule has 1 aromatic rings. The Hall–Kier alpha value is -1.30. The van der Waals surface area contributed by atoms with Crippen LogP contribution in [0.25, 0.3) is 0 Å². The van der Waals surface area contributed by atoms with Crippen molar-refractivity contribution in [2.24, 2.45) is 5.92 Å². The molecule has 0 bridgehead atoms. The van der Waals surface area contributed by atoms with Crippen LogP contribution in [0.5, 0.6) is 0 Å². The lowest BCUT2D eigenvalue weighted by molar-refractivity contribution is -0.133. The number of nitrogens with one attached hydrogen (secondary N) is 2. The summed E-state index contributed by atoms with van der Waals surface area (Å²) in [6, 6.07) is 8.33. The van der Waals surface area contributed by atoms with Crippen LogP contribution in [0, 0.1) is 5.92 Å². The highest BCUT2D eigenvalue weighted by Gasteiger charge is 2.40. The number of nitrogens with zero attached hydrogens (tertiary/aromatic N) is 2. The van der Waals surface area contributed by atoms with Gasteiger partial charge in [0.1, 0.15) is 6.04 Å². The van der Waals surface area contributed by atoms with Crippen molar-refractivity contribution in [1.82, 2.24) is 15.8 Å². The van der Waals surface area contributed by atoms with E-state index >= 15 is 0 Å². The highest BCUT2D eigenvalue weighted by atomic mass is 35.5. The van der Waals surface area contributed by atoms with Crippen LogP contribution in [0.4, 0.5) is 5.69 Å². The third-order valence-electron chi connectivity index (χ3n) is 5.21. The quantitative estimate of drug-likeness (QED) is 0.882. The number of piperazine rings is 1. The normalized spacial score (nSPS) is 28.2. The number of anilines is 1. The molecule has 2 N–H and O–H groups in total. The molecule has 0 aromatic heterocycles. The minimum absolute atomic E-state index is 0.0625. The lowest BCUT2D eigenvalue weighted by Gasteiger charge is -2.37. The summed E-state index contributed by atoms with van der Waals surface area (Å²) in [6.07, 6.45) is 3.53. The predicted molar refractivity (Wildman–Crippen MR) is 91.4 cm³/mol. The van der Waals surface area contributed by atoms with E-state index in [-0.39, 0.29) is 11.9 Å². The van der Waals surface area contributed by atoms with Gasteiger partial charge in [0.15, 0.2) is 0 Å². The van der Waals surface area contributed by atoms with E-state index in [1.54, 1.807) is 0 Å². The fourth-order valence-corrected chi connectivity index (χ4v) is 3.90. The third-order valence-corrected chi connectivity index (χ3v) is 5.53. The van der Waals surface area contributed by atoms with Crippen LogP contribution in [0.3, 0.4) is 0 Å². The van der Waals surface area contributed by atoms with Crippen LogP contribution >= 0.6 is 11.6 Å². The fourth-order valence-electron chi connectivity index (χ4n) is 3.65. The van der Waals surface area contributed by atoms with Crippen LogP contribution < -0.4 is 15.8 Å². The summed E-state index contributed by atoms with van der Waals surface area (Å²) >= 11 is 6.27. The summed E-state index contributed by atoms with van der Waals surface area (Å²) in [4.78, 5) is 16.9. The Balaban J connectivity index is 1.32. The van der Waals surface area contributed by atoms with Gasteiger partial charge in [-0.05, 0) is 37.3 Å². The van der Waals surface area contributed by atoms with Gasteiger partial charge in [-0.1, -0.05) is 23.7 Å². The van der Waals surface area contributed by atoms with Crippen molar-refractivity contribution in [2.75, 3.05) is 31.1 Å². The molecule has 5 nitrogen and oxygen atoms in total. The molecule has 2 aliphatic heterocycles. The molecular formula is C17H23ClN4O. The van der Waals surface area contributed by atoms with E-state index in [4.69, 9.17) is 11.6 Å². The summed E-state index contributed by atoms with van der Waals surface area (Å²) < 4.78 is 0. The van der Waals surface area contributed by atoms with Gasteiger partial charge in [0, 0.05) is 32.2 Å². The van der Waals surface area contributed by atoms with Crippen molar-refractivity contribution in [3.05, 3.63) is 29.3 Å². The van der Waals surface area contributed by atoms with E-state index in [1.165, 1.54) is 12.8 Å². The van der Waals surface area contributed by atoms with Gasteiger partial charge in [-0.15, -0.1) is 0 Å². The largest absolute Gasteiger partial charge is 0.367 e. The maximum absolute atomic E-state index is 12.7. The maximum Gasteiger partial charge on any atom is 0.241 e. The molecule has 1 aromatic carbocycles.